The van der Waals surface area contributed by atoms with E-state index in [1.54, 1.807) is 0 Å². The number of hydrogen-bond donors (Lipinski definition) is 3. The van der Waals surface area contributed by atoms with Gasteiger partial charge in [0.25, 0.3) is 0 Å². The highest BCUT2D eigenvalue weighted by Gasteiger charge is 2.23. The van der Waals surface area contributed by atoms with E-state index in [0.717, 1.165) is 18.2 Å². The lowest BCUT2D eigenvalue weighted by Crippen LogP contribution is -2.46. The van der Waals surface area contributed by atoms with Crippen LogP contribution < -0.4 is 11.5 Å². The summed E-state index contributed by atoms with van der Waals surface area (Å²) in [5, 5.41) is 7.00. The van der Waals surface area contributed by atoms with Crippen LogP contribution in [0, 0.1) is 0 Å². The van der Waals surface area contributed by atoms with Gasteiger partial charge in [-0.05, 0) is 11.1 Å². The molecule has 3 heteroatoms. The molecule has 5 N–H and O–H groups in total. The predicted molar refractivity (Wildman–Crippen MR) is 70.2 cm³/mol. The molecule has 0 radical (unpaired) electrons. The Labute approximate surface area is 102 Å². The minimum absolute atomic E-state index is 0.913. The summed E-state index contributed by atoms with van der Waals surface area (Å²) < 4.78 is 0. The quantitative estimate of drug-likeness (QED) is 0.683. The van der Waals surface area contributed by atoms with Gasteiger partial charge in [0, 0.05) is 7.11 Å². The molecule has 2 aromatic rings. The van der Waals surface area contributed by atoms with Crippen molar-refractivity contribution in [2.75, 3.05) is 7.11 Å². The molecule has 0 bridgehead atoms. The SMILES string of the molecule is CO.NC(N)(c1ccccc1)c1ccccc1. The topological polar surface area (TPSA) is 72.3 Å². The van der Waals surface area contributed by atoms with Crippen molar-refractivity contribution < 1.29 is 5.11 Å². The molecule has 0 aliphatic heterocycles. The number of aliphatic hydroxyl groups is 1. The molecule has 0 atom stereocenters. The molecule has 2 rings (SSSR count). The van der Waals surface area contributed by atoms with Gasteiger partial charge in [0.15, 0.2) is 0 Å². The Morgan fingerprint density at radius 2 is 1.00 bits per heavy atom. The normalized spacial score (nSPS) is 10.4. The predicted octanol–water partition coefficient (Wildman–Crippen LogP) is 1.41. The van der Waals surface area contributed by atoms with Gasteiger partial charge in [-0.15, -0.1) is 0 Å². The van der Waals surface area contributed by atoms with Crippen LogP contribution in [0.25, 0.3) is 0 Å². The Bertz CT molecular complexity index is 385. The highest BCUT2D eigenvalue weighted by Crippen LogP contribution is 2.20. The Morgan fingerprint density at radius 3 is 1.29 bits per heavy atom. The van der Waals surface area contributed by atoms with Crippen LogP contribution in [-0.4, -0.2) is 12.2 Å². The molecule has 3 nitrogen and oxygen atoms in total. The number of rotatable bonds is 2. The van der Waals surface area contributed by atoms with Gasteiger partial charge in [0.1, 0.15) is 5.66 Å². The molecular weight excluding hydrogens is 212 g/mol. The van der Waals surface area contributed by atoms with Crippen LogP contribution in [0.4, 0.5) is 0 Å². The van der Waals surface area contributed by atoms with Crippen molar-refractivity contribution in [3.8, 4) is 0 Å². The van der Waals surface area contributed by atoms with E-state index in [-0.39, 0.29) is 0 Å². The summed E-state index contributed by atoms with van der Waals surface area (Å²) in [5.41, 5.74) is 13.2. The highest BCUT2D eigenvalue weighted by molar-refractivity contribution is 5.35. The van der Waals surface area contributed by atoms with E-state index in [0.29, 0.717) is 0 Å². The van der Waals surface area contributed by atoms with Crippen LogP contribution in [0.15, 0.2) is 60.7 Å². The zero-order chi connectivity index (χ0) is 12.7. The highest BCUT2D eigenvalue weighted by atomic mass is 16.2. The van der Waals surface area contributed by atoms with Crippen LogP contribution in [0.5, 0.6) is 0 Å². The largest absolute Gasteiger partial charge is 0.400 e. The summed E-state index contributed by atoms with van der Waals surface area (Å²) in [4.78, 5) is 0. The molecule has 90 valence electrons. The fraction of sp³-hybridized carbons (Fsp3) is 0.143. The summed E-state index contributed by atoms with van der Waals surface area (Å²) in [6, 6.07) is 19.4. The molecule has 0 spiro atoms. The van der Waals surface area contributed by atoms with E-state index in [1.807, 2.05) is 60.7 Å². The van der Waals surface area contributed by atoms with Gasteiger partial charge in [-0.2, -0.15) is 0 Å². The minimum atomic E-state index is -0.914. The zero-order valence-electron chi connectivity index (χ0n) is 9.88. The van der Waals surface area contributed by atoms with Gasteiger partial charge < -0.3 is 16.6 Å². The summed E-state index contributed by atoms with van der Waals surface area (Å²) in [7, 11) is 1.00. The third kappa shape index (κ3) is 3.14. The molecule has 0 fully saturated rings. The van der Waals surface area contributed by atoms with Gasteiger partial charge in [-0.3, -0.25) is 0 Å². The van der Waals surface area contributed by atoms with Crippen LogP contribution in [0.2, 0.25) is 0 Å². The second-order valence-corrected chi connectivity index (χ2v) is 3.60. The van der Waals surface area contributed by atoms with Crippen molar-refractivity contribution >= 4 is 0 Å². The maximum Gasteiger partial charge on any atom is 0.116 e. The monoisotopic (exact) mass is 230 g/mol. The molecule has 0 aliphatic rings. The summed E-state index contributed by atoms with van der Waals surface area (Å²) in [6.45, 7) is 0. The van der Waals surface area contributed by atoms with Gasteiger partial charge in [0.05, 0.1) is 0 Å². The van der Waals surface area contributed by atoms with Gasteiger partial charge in [-0.1, -0.05) is 60.7 Å². The van der Waals surface area contributed by atoms with Gasteiger partial charge in [-0.25, -0.2) is 0 Å². The number of hydrogen-bond acceptors (Lipinski definition) is 3. The van der Waals surface area contributed by atoms with Gasteiger partial charge >= 0.3 is 0 Å². The zero-order valence-corrected chi connectivity index (χ0v) is 9.88. The molecule has 0 aromatic heterocycles. The lowest BCUT2D eigenvalue weighted by Gasteiger charge is -2.25. The molecule has 0 amide bonds. The fourth-order valence-electron chi connectivity index (χ4n) is 1.59. The standard InChI is InChI=1S/C13H14N2.CH4O/c14-13(15,11-7-3-1-4-8-11)12-9-5-2-6-10-12;1-2/h1-10H,14-15H2;2H,1H3. The molecular formula is C14H18N2O. The lowest BCUT2D eigenvalue weighted by molar-refractivity contribution is 0.399. The van der Waals surface area contributed by atoms with E-state index in [9.17, 15) is 0 Å². The molecule has 0 saturated carbocycles. The van der Waals surface area contributed by atoms with Crippen molar-refractivity contribution in [3.05, 3.63) is 71.8 Å². The average Bonchev–Trinajstić information content (AvgIpc) is 2.43. The maximum atomic E-state index is 7.00. The Morgan fingerprint density at radius 1 is 0.706 bits per heavy atom. The molecule has 0 saturated heterocycles. The number of aliphatic hydroxyl groups excluding tert-OH is 1. The Kier molecular flexibility index (Phi) is 4.84. The maximum absolute atomic E-state index is 7.00. The van der Waals surface area contributed by atoms with Crippen molar-refractivity contribution in [1.82, 2.24) is 0 Å². The van der Waals surface area contributed by atoms with E-state index in [1.165, 1.54) is 0 Å². The first-order valence-electron chi connectivity index (χ1n) is 5.35. The van der Waals surface area contributed by atoms with Crippen LogP contribution >= 0.6 is 0 Å². The Hall–Kier alpha value is -1.68. The summed E-state index contributed by atoms with van der Waals surface area (Å²) in [6.07, 6.45) is 0. The van der Waals surface area contributed by atoms with Crippen molar-refractivity contribution in [3.63, 3.8) is 0 Å². The first kappa shape index (κ1) is 13.4. The van der Waals surface area contributed by atoms with E-state index in [2.05, 4.69) is 0 Å². The molecule has 0 aliphatic carbocycles. The lowest BCUT2D eigenvalue weighted by atomic mass is 9.93. The third-order valence-corrected chi connectivity index (χ3v) is 2.50. The summed E-state index contributed by atoms with van der Waals surface area (Å²) in [5.74, 6) is 0. The third-order valence-electron chi connectivity index (χ3n) is 2.50. The van der Waals surface area contributed by atoms with E-state index >= 15 is 0 Å². The fourth-order valence-corrected chi connectivity index (χ4v) is 1.59. The second-order valence-electron chi connectivity index (χ2n) is 3.60. The average molecular weight is 230 g/mol. The number of nitrogens with two attached hydrogens (primary N) is 2. The summed E-state index contributed by atoms with van der Waals surface area (Å²) >= 11 is 0. The van der Waals surface area contributed by atoms with Crippen molar-refractivity contribution in [2.45, 2.75) is 5.66 Å². The Balaban J connectivity index is 0.000000686. The first-order chi connectivity index (χ1) is 8.21. The molecule has 2 aromatic carbocycles. The van der Waals surface area contributed by atoms with E-state index < -0.39 is 5.66 Å². The smallest absolute Gasteiger partial charge is 0.116 e. The van der Waals surface area contributed by atoms with Crippen LogP contribution in [0.1, 0.15) is 11.1 Å². The number of benzene rings is 2. The van der Waals surface area contributed by atoms with Gasteiger partial charge in [0.2, 0.25) is 0 Å². The van der Waals surface area contributed by atoms with Crippen LogP contribution in [0.3, 0.4) is 0 Å². The molecule has 17 heavy (non-hydrogen) atoms. The van der Waals surface area contributed by atoms with Crippen LogP contribution in [-0.2, 0) is 5.66 Å². The first-order valence-corrected chi connectivity index (χ1v) is 5.35. The van der Waals surface area contributed by atoms with Crippen molar-refractivity contribution in [2.24, 2.45) is 11.5 Å². The molecule has 0 unspecified atom stereocenters. The van der Waals surface area contributed by atoms with Crippen molar-refractivity contribution in [1.29, 1.82) is 0 Å². The molecule has 0 heterocycles. The minimum Gasteiger partial charge on any atom is -0.400 e. The second kappa shape index (κ2) is 6.15. The van der Waals surface area contributed by atoms with E-state index in [4.69, 9.17) is 16.6 Å².